The van der Waals surface area contributed by atoms with E-state index < -0.39 is 0 Å². The third-order valence-electron chi connectivity index (χ3n) is 2.62. The Labute approximate surface area is 123 Å². The van der Waals surface area contributed by atoms with Gasteiger partial charge in [-0.25, -0.2) is 0 Å². The van der Waals surface area contributed by atoms with Gasteiger partial charge in [-0.05, 0) is 41.7 Å². The smallest absolute Gasteiger partial charge is 0.0140 e. The fraction of sp³-hybridized carbons (Fsp3) is 1.00. The molecule has 112 valence electrons. The average molecular weight is 296 g/mol. The summed E-state index contributed by atoms with van der Waals surface area (Å²) in [6.45, 7) is 2.28. The maximum atomic E-state index is 5.64. The maximum absolute atomic E-state index is 5.64. The lowest BCUT2D eigenvalue weighted by Crippen LogP contribution is -1.99. The van der Waals surface area contributed by atoms with E-state index in [1.807, 2.05) is 26.0 Å². The van der Waals surface area contributed by atoms with Gasteiger partial charge in [0.15, 0.2) is 0 Å². The highest BCUT2D eigenvalue weighted by Gasteiger charge is 1.91. The lowest BCUT2D eigenvalue weighted by atomic mass is 10.1. The Morgan fingerprint density at radius 2 is 1.06 bits per heavy atom. The average Bonchev–Trinajstić information content (AvgIpc) is 2.31. The van der Waals surface area contributed by atoms with Gasteiger partial charge in [-0.3, -0.25) is 0 Å². The van der Waals surface area contributed by atoms with Crippen molar-refractivity contribution < 1.29 is 0 Å². The van der Waals surface area contributed by atoms with Gasteiger partial charge in [-0.15, -0.1) is 11.2 Å². The Hall–Kier alpha value is 0.680. The van der Waals surface area contributed by atoms with Crippen LogP contribution in [0.4, 0.5) is 0 Å². The van der Waals surface area contributed by atoms with Crippen LogP contribution in [0.25, 0.3) is 0 Å². The van der Waals surface area contributed by atoms with Crippen molar-refractivity contribution in [3.63, 3.8) is 0 Å². The molecule has 0 saturated carbocycles. The standard InChI is InChI=1S/C12H26ClP.C3H9N/c1-2-3-4-5-6-7-8-9-10-11-12-14-13;1-4(2)3/h14H,2-12H2,1H3;1-3H3. The van der Waals surface area contributed by atoms with E-state index in [4.69, 9.17) is 11.2 Å². The highest BCUT2D eigenvalue weighted by Crippen LogP contribution is 2.18. The predicted octanol–water partition coefficient (Wildman–Crippen LogP) is 5.92. The monoisotopic (exact) mass is 295 g/mol. The molecule has 0 aromatic rings. The van der Waals surface area contributed by atoms with E-state index in [2.05, 4.69) is 6.92 Å². The molecule has 0 N–H and O–H groups in total. The zero-order valence-electron chi connectivity index (χ0n) is 13.1. The fourth-order valence-electron chi connectivity index (χ4n) is 1.68. The van der Waals surface area contributed by atoms with Gasteiger partial charge in [0.25, 0.3) is 0 Å². The molecule has 1 nitrogen and oxygen atoms in total. The zero-order chi connectivity index (χ0) is 14.1. The molecule has 0 heterocycles. The summed E-state index contributed by atoms with van der Waals surface area (Å²) in [7, 11) is 6.64. The minimum atomic E-state index is 0.642. The molecule has 18 heavy (non-hydrogen) atoms. The zero-order valence-corrected chi connectivity index (χ0v) is 14.9. The van der Waals surface area contributed by atoms with Crippen LogP contribution in [0.15, 0.2) is 0 Å². The summed E-state index contributed by atoms with van der Waals surface area (Å²) < 4.78 is 0. The van der Waals surface area contributed by atoms with Gasteiger partial charge in [-0.1, -0.05) is 64.7 Å². The second-order valence-electron chi connectivity index (χ2n) is 5.41. The number of halogens is 1. The molecule has 0 radical (unpaired) electrons. The largest absolute Gasteiger partial charge is 0.312 e. The summed E-state index contributed by atoms with van der Waals surface area (Å²) in [4.78, 5) is 2.00. The van der Waals surface area contributed by atoms with Gasteiger partial charge in [-0.2, -0.15) is 0 Å². The van der Waals surface area contributed by atoms with Gasteiger partial charge in [0.2, 0.25) is 0 Å². The van der Waals surface area contributed by atoms with E-state index in [0.717, 1.165) is 0 Å². The van der Waals surface area contributed by atoms with Crippen LogP contribution in [-0.2, 0) is 0 Å². The van der Waals surface area contributed by atoms with Crippen LogP contribution in [0, 0.1) is 0 Å². The highest BCUT2D eigenvalue weighted by atomic mass is 35.7. The number of rotatable bonds is 11. The lowest BCUT2D eigenvalue weighted by molar-refractivity contribution is 0.505. The molecule has 0 aliphatic rings. The van der Waals surface area contributed by atoms with E-state index in [0.29, 0.717) is 7.93 Å². The fourth-order valence-corrected chi connectivity index (χ4v) is 2.46. The molecule has 0 aliphatic heterocycles. The van der Waals surface area contributed by atoms with E-state index >= 15 is 0 Å². The molecule has 1 atom stereocenters. The molecule has 0 aliphatic carbocycles. The highest BCUT2D eigenvalue weighted by molar-refractivity contribution is 7.68. The Kier molecular flexibility index (Phi) is 23.3. The molecule has 0 fully saturated rings. The summed E-state index contributed by atoms with van der Waals surface area (Å²) in [5, 5.41) is 0. The van der Waals surface area contributed by atoms with Gasteiger partial charge >= 0.3 is 0 Å². The SMILES string of the molecule is CCCCCCCCCCCCPCl.CN(C)C. The van der Waals surface area contributed by atoms with Crippen LogP contribution in [-0.4, -0.2) is 32.2 Å². The van der Waals surface area contributed by atoms with Crippen LogP contribution < -0.4 is 0 Å². The minimum Gasteiger partial charge on any atom is -0.312 e. The van der Waals surface area contributed by atoms with Crippen molar-refractivity contribution in [1.29, 1.82) is 0 Å². The first-order valence-electron chi connectivity index (χ1n) is 7.59. The Morgan fingerprint density at radius 1 is 0.722 bits per heavy atom. The first kappa shape index (κ1) is 21.0. The van der Waals surface area contributed by atoms with Crippen molar-refractivity contribution in [3.05, 3.63) is 0 Å². The van der Waals surface area contributed by atoms with E-state index in [1.54, 1.807) is 0 Å². The molecule has 0 spiro atoms. The Morgan fingerprint density at radius 3 is 1.39 bits per heavy atom. The third kappa shape index (κ3) is 30.1. The van der Waals surface area contributed by atoms with E-state index in [9.17, 15) is 0 Å². The van der Waals surface area contributed by atoms with Crippen LogP contribution >= 0.6 is 19.2 Å². The minimum absolute atomic E-state index is 0.642. The molecule has 0 saturated heterocycles. The molecular formula is C15H35ClNP. The second-order valence-corrected chi connectivity index (χ2v) is 6.98. The van der Waals surface area contributed by atoms with Crippen molar-refractivity contribution in [2.75, 3.05) is 27.3 Å². The second kappa shape index (κ2) is 20.0. The Bertz CT molecular complexity index is 117. The summed E-state index contributed by atoms with van der Waals surface area (Å²) in [5.74, 6) is 0. The molecule has 0 bridgehead atoms. The summed E-state index contributed by atoms with van der Waals surface area (Å²) in [5.41, 5.74) is 0. The van der Waals surface area contributed by atoms with Gasteiger partial charge < -0.3 is 4.90 Å². The third-order valence-corrected chi connectivity index (χ3v) is 3.73. The number of hydrogen-bond donors (Lipinski definition) is 0. The molecule has 0 aromatic carbocycles. The van der Waals surface area contributed by atoms with Crippen molar-refractivity contribution in [1.82, 2.24) is 4.90 Å². The molecule has 0 rings (SSSR count). The van der Waals surface area contributed by atoms with Crippen LogP contribution in [0.3, 0.4) is 0 Å². The van der Waals surface area contributed by atoms with Crippen molar-refractivity contribution in [2.24, 2.45) is 0 Å². The predicted molar refractivity (Wildman–Crippen MR) is 90.5 cm³/mol. The number of unbranched alkanes of at least 4 members (excludes halogenated alkanes) is 9. The molecule has 3 heteroatoms. The molecular weight excluding hydrogens is 261 g/mol. The molecule has 0 amide bonds. The number of nitrogens with zero attached hydrogens (tertiary/aromatic N) is 1. The van der Waals surface area contributed by atoms with E-state index in [1.165, 1.54) is 70.4 Å². The molecule has 1 unspecified atom stereocenters. The summed E-state index contributed by atoms with van der Waals surface area (Å²) in [6.07, 6.45) is 15.4. The van der Waals surface area contributed by atoms with Crippen molar-refractivity contribution >= 4 is 19.2 Å². The van der Waals surface area contributed by atoms with Crippen molar-refractivity contribution in [2.45, 2.75) is 71.1 Å². The van der Waals surface area contributed by atoms with E-state index in [-0.39, 0.29) is 0 Å². The van der Waals surface area contributed by atoms with Crippen LogP contribution in [0.5, 0.6) is 0 Å². The normalized spacial score (nSPS) is 11.0. The first-order chi connectivity index (χ1) is 8.65. The lowest BCUT2D eigenvalue weighted by Gasteiger charge is -2.01. The maximum Gasteiger partial charge on any atom is -0.0140 e. The van der Waals surface area contributed by atoms with Gasteiger partial charge in [0.1, 0.15) is 0 Å². The first-order valence-corrected chi connectivity index (χ1v) is 9.81. The quantitative estimate of drug-likeness (QED) is 0.338. The summed E-state index contributed by atoms with van der Waals surface area (Å²) in [6, 6.07) is 0. The number of hydrogen-bond acceptors (Lipinski definition) is 1. The van der Waals surface area contributed by atoms with Crippen LogP contribution in [0.2, 0.25) is 0 Å². The topological polar surface area (TPSA) is 3.24 Å². The van der Waals surface area contributed by atoms with Crippen molar-refractivity contribution in [3.8, 4) is 0 Å². The summed E-state index contributed by atoms with van der Waals surface area (Å²) >= 11 is 5.64. The van der Waals surface area contributed by atoms with Gasteiger partial charge in [0.05, 0.1) is 0 Å². The Balaban J connectivity index is 0. The van der Waals surface area contributed by atoms with Crippen LogP contribution in [0.1, 0.15) is 71.1 Å². The van der Waals surface area contributed by atoms with Gasteiger partial charge in [0, 0.05) is 0 Å². The molecule has 0 aromatic heterocycles.